The van der Waals surface area contributed by atoms with Crippen LogP contribution in [0.2, 0.25) is 0 Å². The van der Waals surface area contributed by atoms with Crippen LogP contribution < -0.4 is 5.73 Å². The molecule has 2 N–H and O–H groups in total. The topological polar surface area (TPSA) is 26.0 Å². The minimum atomic E-state index is 0.859. The molecule has 0 aliphatic heterocycles. The van der Waals surface area contributed by atoms with E-state index in [4.69, 9.17) is 5.73 Å². The summed E-state index contributed by atoms with van der Waals surface area (Å²) in [5, 5.41) is 0. The zero-order valence-corrected chi connectivity index (χ0v) is 8.97. The lowest BCUT2D eigenvalue weighted by molar-refractivity contribution is 0.343. The van der Waals surface area contributed by atoms with Crippen LogP contribution in [0.25, 0.3) is 0 Å². The lowest BCUT2D eigenvalue weighted by atomic mass is 9.89. The van der Waals surface area contributed by atoms with Crippen molar-refractivity contribution in [2.24, 2.45) is 17.6 Å². The third-order valence-electron chi connectivity index (χ3n) is 2.98. The molecule has 0 aromatic heterocycles. The molecule has 74 valence electrons. The van der Waals surface area contributed by atoms with Gasteiger partial charge in [0.1, 0.15) is 0 Å². The van der Waals surface area contributed by atoms with Gasteiger partial charge < -0.3 is 5.73 Å². The van der Waals surface area contributed by atoms with Gasteiger partial charge in [-0.25, -0.2) is 0 Å². The fraction of sp³-hybridized carbons (Fsp3) is 1.00. The zero-order valence-electron chi connectivity index (χ0n) is 8.97. The van der Waals surface area contributed by atoms with Gasteiger partial charge in [-0.2, -0.15) is 0 Å². The lowest BCUT2D eigenvalue weighted by Crippen LogP contribution is -2.07. The van der Waals surface area contributed by atoms with Crippen molar-refractivity contribution < 1.29 is 0 Å². The van der Waals surface area contributed by atoms with E-state index in [-0.39, 0.29) is 0 Å². The highest BCUT2D eigenvalue weighted by atomic mass is 14.5. The van der Waals surface area contributed by atoms with Crippen molar-refractivity contribution in [2.75, 3.05) is 6.54 Å². The smallest absolute Gasteiger partial charge is 0.00773 e. The Bertz CT molecular complexity index is 91.0. The van der Waals surface area contributed by atoms with Crippen molar-refractivity contribution in [3.8, 4) is 0 Å². The van der Waals surface area contributed by atoms with Crippen LogP contribution in [0.15, 0.2) is 0 Å². The highest BCUT2D eigenvalue weighted by molar-refractivity contribution is 4.60. The van der Waals surface area contributed by atoms with Crippen LogP contribution in [-0.2, 0) is 0 Å². The number of hydrogen-bond acceptors (Lipinski definition) is 1. The maximum atomic E-state index is 5.43. The Morgan fingerprint density at radius 3 is 2.17 bits per heavy atom. The summed E-state index contributed by atoms with van der Waals surface area (Å²) in [5.74, 6) is 1.79. The summed E-state index contributed by atoms with van der Waals surface area (Å²) in [6.45, 7) is 7.86. The van der Waals surface area contributed by atoms with Crippen molar-refractivity contribution in [3.05, 3.63) is 0 Å². The van der Waals surface area contributed by atoms with Crippen molar-refractivity contribution in [3.63, 3.8) is 0 Å². The van der Waals surface area contributed by atoms with Crippen molar-refractivity contribution in [2.45, 2.75) is 52.9 Å². The van der Waals surface area contributed by atoms with Crippen LogP contribution in [-0.4, -0.2) is 6.54 Å². The van der Waals surface area contributed by atoms with E-state index in [1.54, 1.807) is 0 Å². The molecule has 0 aromatic rings. The molecule has 0 amide bonds. The summed E-state index contributed by atoms with van der Waals surface area (Å²) >= 11 is 0. The maximum Gasteiger partial charge on any atom is -0.00773 e. The summed E-state index contributed by atoms with van der Waals surface area (Å²) < 4.78 is 0. The van der Waals surface area contributed by atoms with Gasteiger partial charge in [0.25, 0.3) is 0 Å². The van der Waals surface area contributed by atoms with Gasteiger partial charge in [0.05, 0.1) is 0 Å². The maximum absolute atomic E-state index is 5.43. The number of rotatable bonds is 7. The van der Waals surface area contributed by atoms with Crippen molar-refractivity contribution in [1.82, 2.24) is 0 Å². The van der Waals surface area contributed by atoms with Gasteiger partial charge in [-0.3, -0.25) is 0 Å². The Balaban J connectivity index is 3.24. The molecule has 0 saturated heterocycles. The molecular weight excluding hydrogens is 146 g/mol. The van der Waals surface area contributed by atoms with E-state index in [1.807, 2.05) is 0 Å². The van der Waals surface area contributed by atoms with Crippen molar-refractivity contribution in [1.29, 1.82) is 0 Å². The molecule has 12 heavy (non-hydrogen) atoms. The largest absolute Gasteiger partial charge is 0.330 e. The molecule has 0 fully saturated rings. The minimum Gasteiger partial charge on any atom is -0.330 e. The molecule has 0 aliphatic carbocycles. The van der Waals surface area contributed by atoms with Crippen LogP contribution in [0.1, 0.15) is 52.9 Å². The predicted molar refractivity (Wildman–Crippen MR) is 56.1 cm³/mol. The van der Waals surface area contributed by atoms with Gasteiger partial charge in [-0.15, -0.1) is 0 Å². The average molecular weight is 171 g/mol. The summed E-state index contributed by atoms with van der Waals surface area (Å²) in [7, 11) is 0. The molecule has 2 unspecified atom stereocenters. The Hall–Kier alpha value is -0.0400. The van der Waals surface area contributed by atoms with E-state index in [1.165, 1.54) is 32.1 Å². The van der Waals surface area contributed by atoms with Gasteiger partial charge in [-0.05, 0) is 24.8 Å². The molecule has 1 heteroatoms. The normalized spacial score (nSPS) is 16.0. The molecule has 0 aliphatic rings. The fourth-order valence-corrected chi connectivity index (χ4v) is 1.47. The highest BCUT2D eigenvalue weighted by Gasteiger charge is 2.08. The second-order valence-electron chi connectivity index (χ2n) is 4.00. The molecule has 0 aromatic carbocycles. The zero-order chi connectivity index (χ0) is 9.40. The lowest BCUT2D eigenvalue weighted by Gasteiger charge is -2.17. The van der Waals surface area contributed by atoms with E-state index < -0.39 is 0 Å². The Labute approximate surface area is 77.7 Å². The van der Waals surface area contributed by atoms with Crippen LogP contribution in [0.4, 0.5) is 0 Å². The number of unbranched alkanes of at least 4 members (excludes halogenated alkanes) is 2. The Kier molecular flexibility index (Phi) is 7.58. The van der Waals surface area contributed by atoms with Gasteiger partial charge >= 0.3 is 0 Å². The van der Waals surface area contributed by atoms with Crippen molar-refractivity contribution >= 4 is 0 Å². The third-order valence-corrected chi connectivity index (χ3v) is 2.98. The molecule has 0 rings (SSSR count). The number of hydrogen-bond donors (Lipinski definition) is 1. The van der Waals surface area contributed by atoms with Crippen LogP contribution in [0, 0.1) is 11.8 Å². The molecule has 2 atom stereocenters. The predicted octanol–water partition coefficient (Wildman–Crippen LogP) is 3.19. The molecule has 0 spiro atoms. The van der Waals surface area contributed by atoms with E-state index in [2.05, 4.69) is 20.8 Å². The summed E-state index contributed by atoms with van der Waals surface area (Å²) in [6.07, 6.45) is 6.58. The summed E-state index contributed by atoms with van der Waals surface area (Å²) in [4.78, 5) is 0. The number of nitrogens with two attached hydrogens (primary N) is 1. The first-order chi connectivity index (χ1) is 5.72. The molecule has 1 nitrogen and oxygen atoms in total. The molecule has 0 saturated carbocycles. The fourth-order valence-electron chi connectivity index (χ4n) is 1.47. The molecular formula is C11H25N. The van der Waals surface area contributed by atoms with Gasteiger partial charge in [0.2, 0.25) is 0 Å². The first kappa shape index (κ1) is 12.0. The first-order valence-corrected chi connectivity index (χ1v) is 5.42. The summed E-state index contributed by atoms with van der Waals surface area (Å²) in [5.41, 5.74) is 5.43. The monoisotopic (exact) mass is 171 g/mol. The average Bonchev–Trinajstić information content (AvgIpc) is 2.10. The SMILES string of the molecule is CCC(C)C(C)CCCCCN. The Morgan fingerprint density at radius 1 is 1.00 bits per heavy atom. The highest BCUT2D eigenvalue weighted by Crippen LogP contribution is 2.20. The van der Waals surface area contributed by atoms with Crippen LogP contribution in [0.3, 0.4) is 0 Å². The molecule has 0 bridgehead atoms. The van der Waals surface area contributed by atoms with E-state index in [0.717, 1.165) is 18.4 Å². The van der Waals surface area contributed by atoms with E-state index >= 15 is 0 Å². The van der Waals surface area contributed by atoms with Gasteiger partial charge in [0, 0.05) is 0 Å². The standard InChI is InChI=1S/C11H25N/c1-4-10(2)11(3)8-6-5-7-9-12/h10-11H,4-9,12H2,1-3H3. The molecule has 0 radical (unpaired) electrons. The van der Waals surface area contributed by atoms with Gasteiger partial charge in [0.15, 0.2) is 0 Å². The van der Waals surface area contributed by atoms with Crippen LogP contribution in [0.5, 0.6) is 0 Å². The first-order valence-electron chi connectivity index (χ1n) is 5.42. The summed E-state index contributed by atoms with van der Waals surface area (Å²) in [6, 6.07) is 0. The molecule has 0 heterocycles. The van der Waals surface area contributed by atoms with E-state index in [0.29, 0.717) is 0 Å². The third kappa shape index (κ3) is 5.59. The second kappa shape index (κ2) is 7.60. The quantitative estimate of drug-likeness (QED) is 0.585. The van der Waals surface area contributed by atoms with Gasteiger partial charge in [-0.1, -0.05) is 46.5 Å². The Morgan fingerprint density at radius 2 is 1.67 bits per heavy atom. The second-order valence-corrected chi connectivity index (χ2v) is 4.00. The van der Waals surface area contributed by atoms with Crippen LogP contribution >= 0.6 is 0 Å². The van der Waals surface area contributed by atoms with E-state index in [9.17, 15) is 0 Å². The minimum absolute atomic E-state index is 0.859.